The zero-order valence-electron chi connectivity index (χ0n) is 11.6. The van der Waals surface area contributed by atoms with Gasteiger partial charge >= 0.3 is 5.97 Å². The van der Waals surface area contributed by atoms with Crippen LogP contribution >= 0.6 is 0 Å². The van der Waals surface area contributed by atoms with Gasteiger partial charge in [-0.25, -0.2) is 4.79 Å². The van der Waals surface area contributed by atoms with Crippen molar-refractivity contribution >= 4 is 5.97 Å². The summed E-state index contributed by atoms with van der Waals surface area (Å²) in [4.78, 5) is 11.9. The van der Waals surface area contributed by atoms with E-state index in [0.717, 1.165) is 12.8 Å². The molecule has 2 atom stereocenters. The monoisotopic (exact) mass is 262 g/mol. The van der Waals surface area contributed by atoms with Gasteiger partial charge in [0.2, 0.25) is 0 Å². The molecule has 1 rings (SSSR count). The smallest absolute Gasteiger partial charge is 0.338 e. The molecule has 0 heterocycles. The van der Waals surface area contributed by atoms with Crippen LogP contribution in [0.15, 0.2) is 42.5 Å². The van der Waals surface area contributed by atoms with E-state index in [2.05, 4.69) is 13.0 Å². The van der Waals surface area contributed by atoms with Gasteiger partial charge < -0.3 is 9.84 Å². The van der Waals surface area contributed by atoms with Gasteiger partial charge in [-0.15, -0.1) is 0 Å². The van der Waals surface area contributed by atoms with Crippen molar-refractivity contribution in [1.82, 2.24) is 0 Å². The highest BCUT2D eigenvalue weighted by Gasteiger charge is 2.19. The average Bonchev–Trinajstić information content (AvgIpc) is 2.42. The molecule has 19 heavy (non-hydrogen) atoms. The lowest BCUT2D eigenvalue weighted by Crippen LogP contribution is -2.29. The molecular formula is C16H22O3. The van der Waals surface area contributed by atoms with Gasteiger partial charge in [0.1, 0.15) is 6.10 Å². The van der Waals surface area contributed by atoms with Crippen molar-refractivity contribution in [2.75, 3.05) is 0 Å². The van der Waals surface area contributed by atoms with Gasteiger partial charge in [-0.3, -0.25) is 0 Å². The molecule has 0 aliphatic rings. The number of hydrogen-bond acceptors (Lipinski definition) is 3. The standard InChI is InChI=1S/C16H22O3/c1-3-4-5-9-12-15(13(2)17)19-16(18)14-10-7-6-8-11-14/h4-8,10-11,13,15,17H,3,9,12H2,1-2H3/b5-4-/t13-,15+/m1/s1. The van der Waals surface area contributed by atoms with Crippen molar-refractivity contribution in [2.24, 2.45) is 0 Å². The average molecular weight is 262 g/mol. The molecule has 0 unspecified atom stereocenters. The third-order valence-corrected chi connectivity index (χ3v) is 2.83. The first-order chi connectivity index (χ1) is 9.15. The number of allylic oxidation sites excluding steroid dienone is 2. The molecule has 3 heteroatoms. The molecule has 0 saturated carbocycles. The first kappa shape index (κ1) is 15.4. The number of aliphatic hydroxyl groups excluding tert-OH is 1. The van der Waals surface area contributed by atoms with E-state index < -0.39 is 12.2 Å². The number of carbonyl (C=O) groups is 1. The third-order valence-electron chi connectivity index (χ3n) is 2.83. The van der Waals surface area contributed by atoms with Crippen molar-refractivity contribution < 1.29 is 14.6 Å². The minimum atomic E-state index is -0.664. The fourth-order valence-electron chi connectivity index (χ4n) is 1.72. The number of esters is 1. The number of ether oxygens (including phenoxy) is 1. The molecule has 3 nitrogen and oxygen atoms in total. The van der Waals surface area contributed by atoms with Gasteiger partial charge in [-0.1, -0.05) is 37.3 Å². The van der Waals surface area contributed by atoms with Crippen LogP contribution in [0, 0.1) is 0 Å². The van der Waals surface area contributed by atoms with Gasteiger partial charge in [-0.2, -0.15) is 0 Å². The lowest BCUT2D eigenvalue weighted by atomic mass is 10.1. The van der Waals surface area contributed by atoms with Crippen molar-refractivity contribution in [3.8, 4) is 0 Å². The normalized spacial score (nSPS) is 14.3. The largest absolute Gasteiger partial charge is 0.456 e. The Bertz CT molecular complexity index is 396. The van der Waals surface area contributed by atoms with Crippen LogP contribution in [0.4, 0.5) is 0 Å². The number of benzene rings is 1. The molecule has 0 amide bonds. The fourth-order valence-corrected chi connectivity index (χ4v) is 1.72. The number of hydrogen-bond donors (Lipinski definition) is 1. The topological polar surface area (TPSA) is 46.5 Å². The first-order valence-electron chi connectivity index (χ1n) is 6.74. The van der Waals surface area contributed by atoms with Gasteiger partial charge in [0.15, 0.2) is 0 Å². The van der Waals surface area contributed by atoms with Gasteiger partial charge in [0, 0.05) is 0 Å². The van der Waals surface area contributed by atoms with E-state index in [1.165, 1.54) is 0 Å². The Morgan fingerprint density at radius 1 is 1.32 bits per heavy atom. The summed E-state index contributed by atoms with van der Waals surface area (Å²) < 4.78 is 5.36. The van der Waals surface area contributed by atoms with E-state index in [1.54, 1.807) is 31.2 Å². The minimum Gasteiger partial charge on any atom is -0.456 e. The predicted octanol–water partition coefficient (Wildman–Crippen LogP) is 3.34. The van der Waals surface area contributed by atoms with E-state index >= 15 is 0 Å². The molecule has 1 aromatic rings. The maximum absolute atomic E-state index is 11.9. The molecule has 0 aliphatic heterocycles. The highest BCUT2D eigenvalue weighted by atomic mass is 16.6. The maximum atomic E-state index is 11.9. The van der Waals surface area contributed by atoms with E-state index in [9.17, 15) is 9.90 Å². The fraction of sp³-hybridized carbons (Fsp3) is 0.438. The van der Waals surface area contributed by atoms with Crippen molar-refractivity contribution in [3.63, 3.8) is 0 Å². The second-order valence-corrected chi connectivity index (χ2v) is 4.51. The van der Waals surface area contributed by atoms with E-state index in [-0.39, 0.29) is 5.97 Å². The van der Waals surface area contributed by atoms with Crippen LogP contribution in [0.3, 0.4) is 0 Å². The number of aliphatic hydroxyl groups is 1. The van der Waals surface area contributed by atoms with Crippen LogP contribution in [0.5, 0.6) is 0 Å². The quantitative estimate of drug-likeness (QED) is 0.605. The second kappa shape index (κ2) is 8.48. The van der Waals surface area contributed by atoms with Crippen LogP contribution in [0.25, 0.3) is 0 Å². The molecule has 0 radical (unpaired) electrons. The van der Waals surface area contributed by atoms with Crippen molar-refractivity contribution in [2.45, 2.75) is 45.3 Å². The lowest BCUT2D eigenvalue weighted by Gasteiger charge is -2.20. The van der Waals surface area contributed by atoms with Crippen LogP contribution < -0.4 is 0 Å². The van der Waals surface area contributed by atoms with Gasteiger partial charge in [-0.05, 0) is 38.3 Å². The summed E-state index contributed by atoms with van der Waals surface area (Å²) in [7, 11) is 0. The van der Waals surface area contributed by atoms with Crippen LogP contribution in [-0.2, 0) is 4.74 Å². The summed E-state index contributed by atoms with van der Waals surface area (Å²) in [5.41, 5.74) is 0.511. The Hall–Kier alpha value is -1.61. The number of carbonyl (C=O) groups excluding carboxylic acids is 1. The summed E-state index contributed by atoms with van der Waals surface area (Å²) >= 11 is 0. The van der Waals surface area contributed by atoms with Crippen molar-refractivity contribution in [3.05, 3.63) is 48.0 Å². The molecular weight excluding hydrogens is 240 g/mol. The summed E-state index contributed by atoms with van der Waals surface area (Å²) in [5.74, 6) is -0.383. The minimum absolute atomic E-state index is 0.383. The summed E-state index contributed by atoms with van der Waals surface area (Å²) in [6, 6.07) is 8.84. The second-order valence-electron chi connectivity index (χ2n) is 4.51. The van der Waals surface area contributed by atoms with Crippen molar-refractivity contribution in [1.29, 1.82) is 0 Å². The molecule has 0 aliphatic carbocycles. The van der Waals surface area contributed by atoms with E-state index in [0.29, 0.717) is 12.0 Å². The van der Waals surface area contributed by atoms with E-state index in [4.69, 9.17) is 4.74 Å². The molecule has 0 saturated heterocycles. The Morgan fingerprint density at radius 3 is 2.58 bits per heavy atom. The summed E-state index contributed by atoms with van der Waals surface area (Å²) in [5, 5.41) is 9.66. The maximum Gasteiger partial charge on any atom is 0.338 e. The Morgan fingerprint density at radius 2 is 2.00 bits per heavy atom. The van der Waals surface area contributed by atoms with Gasteiger partial charge in [0.05, 0.1) is 11.7 Å². The van der Waals surface area contributed by atoms with Crippen LogP contribution in [-0.4, -0.2) is 23.3 Å². The summed E-state index contributed by atoms with van der Waals surface area (Å²) in [6.45, 7) is 3.71. The molecule has 1 aromatic carbocycles. The zero-order valence-corrected chi connectivity index (χ0v) is 11.6. The van der Waals surface area contributed by atoms with Gasteiger partial charge in [0.25, 0.3) is 0 Å². The summed E-state index contributed by atoms with van der Waals surface area (Å²) in [6.07, 6.45) is 5.41. The lowest BCUT2D eigenvalue weighted by molar-refractivity contribution is -0.0149. The Labute approximate surface area is 114 Å². The molecule has 1 N–H and O–H groups in total. The van der Waals surface area contributed by atoms with E-state index in [1.807, 2.05) is 12.1 Å². The first-order valence-corrected chi connectivity index (χ1v) is 6.74. The molecule has 104 valence electrons. The molecule has 0 aromatic heterocycles. The molecule has 0 bridgehead atoms. The number of rotatable bonds is 7. The third kappa shape index (κ3) is 5.71. The Kier molecular flexibility index (Phi) is 6.90. The highest BCUT2D eigenvalue weighted by molar-refractivity contribution is 5.89. The molecule has 0 spiro atoms. The van der Waals surface area contributed by atoms with Crippen LogP contribution in [0.2, 0.25) is 0 Å². The predicted molar refractivity (Wildman–Crippen MR) is 76.0 cm³/mol. The zero-order chi connectivity index (χ0) is 14.1. The highest BCUT2D eigenvalue weighted by Crippen LogP contribution is 2.12. The Balaban J connectivity index is 2.54. The SMILES string of the molecule is CC/C=C\CC[C@H](OC(=O)c1ccccc1)[C@@H](C)O. The molecule has 0 fully saturated rings. The van der Waals surface area contributed by atoms with Crippen LogP contribution in [0.1, 0.15) is 43.5 Å².